The van der Waals surface area contributed by atoms with Crippen molar-refractivity contribution in [2.45, 2.75) is 30.7 Å². The molecule has 4 N–H and O–H groups in total. The van der Waals surface area contributed by atoms with Gasteiger partial charge in [0.1, 0.15) is 24.4 Å². The zero-order valence-electron chi connectivity index (χ0n) is 9.79. The molecule has 10 heteroatoms. The SMILES string of the molecule is C=CO[C@H]1OC(CO)[C@@H](O)[C@H](O)C1O.[Ac].[Ac].[Ac].[Ac]. The molecular formula is C8H14Ac4O6. The molecule has 0 aliphatic carbocycles. The summed E-state index contributed by atoms with van der Waals surface area (Å²) in [4.78, 5) is 0. The van der Waals surface area contributed by atoms with Crippen molar-refractivity contribution >= 4 is 0 Å². The number of rotatable bonds is 3. The Labute approximate surface area is 249 Å². The largest absolute Gasteiger partial charge is 0.470 e. The van der Waals surface area contributed by atoms with Gasteiger partial charge in [-0.25, -0.2) is 0 Å². The Balaban J connectivity index is -0.000000245. The third-order valence-electron chi connectivity index (χ3n) is 2.08. The first kappa shape index (κ1) is 30.9. The van der Waals surface area contributed by atoms with Crippen LogP contribution < -0.4 is 0 Å². The summed E-state index contributed by atoms with van der Waals surface area (Å²) in [5, 5.41) is 36.8. The van der Waals surface area contributed by atoms with Gasteiger partial charge in [0.05, 0.1) is 12.9 Å². The van der Waals surface area contributed by atoms with Gasteiger partial charge in [-0.2, -0.15) is 0 Å². The Hall–Kier alpha value is 5.11. The Kier molecular flexibility index (Phi) is 29.1. The molecule has 6 nitrogen and oxygen atoms in total. The first-order valence-electron chi connectivity index (χ1n) is 4.18. The van der Waals surface area contributed by atoms with Crippen molar-refractivity contribution in [2.24, 2.45) is 0 Å². The minimum Gasteiger partial charge on any atom is -0.470 e. The maximum atomic E-state index is 9.36. The van der Waals surface area contributed by atoms with Gasteiger partial charge in [-0.05, 0) is 0 Å². The second-order valence-electron chi connectivity index (χ2n) is 3.00. The maximum absolute atomic E-state index is 9.36. The summed E-state index contributed by atoms with van der Waals surface area (Å²) in [5.41, 5.74) is 0. The normalized spacial score (nSPS) is 33.7. The average molecular weight is 1110 g/mol. The molecular weight excluding hydrogens is 1100 g/mol. The molecule has 1 rings (SSSR count). The average Bonchev–Trinajstić information content (AvgIpc) is 2.19. The van der Waals surface area contributed by atoms with Gasteiger partial charge in [0.2, 0.25) is 6.29 Å². The van der Waals surface area contributed by atoms with Crippen LogP contribution in [0.4, 0.5) is 0 Å². The van der Waals surface area contributed by atoms with E-state index in [4.69, 9.17) is 14.6 Å². The second kappa shape index (κ2) is 16.9. The van der Waals surface area contributed by atoms with Crippen LogP contribution in [0.3, 0.4) is 0 Å². The first-order valence-corrected chi connectivity index (χ1v) is 4.18. The molecule has 1 aliphatic rings. The van der Waals surface area contributed by atoms with Crippen LogP contribution in [-0.2, 0) is 9.47 Å². The summed E-state index contributed by atoms with van der Waals surface area (Å²) >= 11 is 0. The standard InChI is InChI=1S/C8H14O6.4Ac/c1-2-13-8-7(12)6(11)5(10)4(3-9)14-8;;;;/h2,4-12H,1,3H2;;;;/t4?,5-,6+,7?,8+;;;;/m1..../s1. The second-order valence-corrected chi connectivity index (χ2v) is 3.00. The molecule has 94 valence electrons. The maximum Gasteiger partial charge on any atom is 0.228 e. The van der Waals surface area contributed by atoms with Gasteiger partial charge in [0.15, 0.2) is 0 Å². The van der Waals surface area contributed by atoms with E-state index in [0.717, 1.165) is 6.26 Å². The van der Waals surface area contributed by atoms with Crippen LogP contribution in [0.25, 0.3) is 0 Å². The van der Waals surface area contributed by atoms with Crippen LogP contribution in [0.15, 0.2) is 12.8 Å². The Morgan fingerprint density at radius 2 is 1.50 bits per heavy atom. The van der Waals surface area contributed by atoms with Gasteiger partial charge in [0.25, 0.3) is 0 Å². The minimum atomic E-state index is -1.41. The molecule has 1 fully saturated rings. The summed E-state index contributed by atoms with van der Waals surface area (Å²) < 4.78 is 9.72. The van der Waals surface area contributed by atoms with Crippen molar-refractivity contribution < 1.29 is 206 Å². The summed E-state index contributed by atoms with van der Waals surface area (Å²) in [7, 11) is 0. The van der Waals surface area contributed by atoms with Crippen LogP contribution >= 0.6 is 0 Å². The van der Waals surface area contributed by atoms with Crippen molar-refractivity contribution in [2.75, 3.05) is 6.61 Å². The van der Waals surface area contributed by atoms with Gasteiger partial charge >= 0.3 is 0 Å². The van der Waals surface area contributed by atoms with Crippen molar-refractivity contribution in [3.63, 3.8) is 0 Å². The van der Waals surface area contributed by atoms with Crippen LogP contribution in [0.1, 0.15) is 0 Å². The van der Waals surface area contributed by atoms with E-state index in [-0.39, 0.29) is 176 Å². The van der Waals surface area contributed by atoms with Crippen LogP contribution in [0, 0.1) is 176 Å². The van der Waals surface area contributed by atoms with Gasteiger partial charge in [-0.3, -0.25) is 0 Å². The van der Waals surface area contributed by atoms with E-state index in [1.807, 2.05) is 0 Å². The Morgan fingerprint density at radius 3 is 1.89 bits per heavy atom. The van der Waals surface area contributed by atoms with Crippen LogP contribution in [-0.4, -0.2) is 57.7 Å². The summed E-state index contributed by atoms with van der Waals surface area (Å²) in [6.07, 6.45) is -5.16. The monoisotopic (exact) mass is 1110 g/mol. The number of hydrogen-bond acceptors (Lipinski definition) is 6. The molecule has 0 amide bonds. The zero-order valence-corrected chi connectivity index (χ0v) is 28.8. The van der Waals surface area contributed by atoms with Crippen molar-refractivity contribution in [1.82, 2.24) is 0 Å². The number of aliphatic hydroxyl groups excluding tert-OH is 4. The van der Waals surface area contributed by atoms with Gasteiger partial charge in [0, 0.05) is 176 Å². The molecule has 0 saturated carbocycles. The molecule has 0 aromatic heterocycles. The molecule has 0 aromatic rings. The Morgan fingerprint density at radius 1 is 1.00 bits per heavy atom. The predicted molar refractivity (Wildman–Crippen MR) is 45.0 cm³/mol. The first-order chi connectivity index (χ1) is 6.61. The van der Waals surface area contributed by atoms with Gasteiger partial charge < -0.3 is 29.9 Å². The number of aliphatic hydroxyl groups is 4. The fraction of sp³-hybridized carbons (Fsp3) is 0.750. The van der Waals surface area contributed by atoms with E-state index in [1.54, 1.807) is 0 Å². The fourth-order valence-corrected chi connectivity index (χ4v) is 1.27. The van der Waals surface area contributed by atoms with Crippen LogP contribution in [0.5, 0.6) is 0 Å². The van der Waals surface area contributed by atoms with Crippen molar-refractivity contribution in [3.05, 3.63) is 12.8 Å². The molecule has 1 aliphatic heterocycles. The van der Waals surface area contributed by atoms with E-state index >= 15 is 0 Å². The molecule has 1 heterocycles. The van der Waals surface area contributed by atoms with E-state index < -0.39 is 37.3 Å². The van der Waals surface area contributed by atoms with Gasteiger partial charge in [-0.1, -0.05) is 6.58 Å². The zero-order chi connectivity index (χ0) is 10.7. The Bertz CT molecular complexity index is 208. The van der Waals surface area contributed by atoms with E-state index in [2.05, 4.69) is 6.58 Å². The smallest absolute Gasteiger partial charge is 0.228 e. The number of hydrogen-bond donors (Lipinski definition) is 4. The minimum absolute atomic E-state index is 0. The molecule has 0 bridgehead atoms. The van der Waals surface area contributed by atoms with Crippen LogP contribution in [0.2, 0.25) is 0 Å². The van der Waals surface area contributed by atoms with Crippen molar-refractivity contribution in [3.8, 4) is 0 Å². The van der Waals surface area contributed by atoms with Gasteiger partial charge in [-0.15, -0.1) is 0 Å². The van der Waals surface area contributed by atoms with E-state index in [1.165, 1.54) is 0 Å². The number of ether oxygens (including phenoxy) is 2. The molecule has 18 heavy (non-hydrogen) atoms. The van der Waals surface area contributed by atoms with E-state index in [0.29, 0.717) is 0 Å². The molecule has 4 radical (unpaired) electrons. The molecule has 5 atom stereocenters. The van der Waals surface area contributed by atoms with Crippen molar-refractivity contribution in [1.29, 1.82) is 0 Å². The molecule has 0 aromatic carbocycles. The quantitative estimate of drug-likeness (QED) is 0.244. The summed E-state index contributed by atoms with van der Waals surface area (Å²) in [6.45, 7) is 2.79. The summed E-state index contributed by atoms with van der Waals surface area (Å²) in [5.74, 6) is 0. The third-order valence-corrected chi connectivity index (χ3v) is 2.08. The molecule has 0 spiro atoms. The summed E-state index contributed by atoms with van der Waals surface area (Å²) in [6, 6.07) is 0. The predicted octanol–water partition coefficient (Wildman–Crippen LogP) is -2.05. The topological polar surface area (TPSA) is 99.4 Å². The molecule has 2 unspecified atom stereocenters. The fourth-order valence-electron chi connectivity index (χ4n) is 1.27. The third kappa shape index (κ3) is 9.41. The van der Waals surface area contributed by atoms with E-state index in [9.17, 15) is 15.3 Å². The molecule has 1 saturated heterocycles.